The fourth-order valence-corrected chi connectivity index (χ4v) is 4.77. The van der Waals surface area contributed by atoms with Crippen LogP contribution < -0.4 is 9.47 Å². The molecule has 0 N–H and O–H groups in total. The van der Waals surface area contributed by atoms with Gasteiger partial charge >= 0.3 is 0 Å². The van der Waals surface area contributed by atoms with Gasteiger partial charge in [0.1, 0.15) is 0 Å². The van der Waals surface area contributed by atoms with Gasteiger partial charge in [0.15, 0.2) is 11.5 Å². The van der Waals surface area contributed by atoms with Crippen LogP contribution in [0, 0.1) is 0 Å². The zero-order valence-electron chi connectivity index (χ0n) is 16.2. The van der Waals surface area contributed by atoms with Crippen LogP contribution in [0.5, 0.6) is 11.5 Å². The van der Waals surface area contributed by atoms with Crippen molar-refractivity contribution in [1.82, 2.24) is 9.80 Å². The van der Waals surface area contributed by atoms with Gasteiger partial charge in [-0.2, -0.15) is 0 Å². The van der Waals surface area contributed by atoms with E-state index in [2.05, 4.69) is 59.3 Å². The van der Waals surface area contributed by atoms with Crippen LogP contribution in [0.25, 0.3) is 0 Å². The summed E-state index contributed by atoms with van der Waals surface area (Å²) < 4.78 is 11.3. The van der Waals surface area contributed by atoms with Crippen LogP contribution >= 0.6 is 24.8 Å². The SMILES string of the molecule is CN1CCc2c(ccc3c2OCO3)[C@@H]1CN1CC[C@H](c2ccccc2)C1.Cl.Cl. The molecule has 3 aliphatic rings. The number of benzene rings is 2. The number of fused-ring (bicyclic) bond motifs is 3. The van der Waals surface area contributed by atoms with Crippen LogP contribution in [0.4, 0.5) is 0 Å². The van der Waals surface area contributed by atoms with Crippen molar-refractivity contribution in [3.05, 3.63) is 59.2 Å². The van der Waals surface area contributed by atoms with Gasteiger partial charge in [-0.1, -0.05) is 36.4 Å². The Morgan fingerprint density at radius 1 is 1.00 bits per heavy atom. The van der Waals surface area contributed by atoms with Crippen LogP contribution in [0.2, 0.25) is 0 Å². The second-order valence-electron chi connectivity index (χ2n) is 7.77. The summed E-state index contributed by atoms with van der Waals surface area (Å²) in [5.41, 5.74) is 4.27. The van der Waals surface area contributed by atoms with Crippen molar-refractivity contribution in [2.75, 3.05) is 40.0 Å². The van der Waals surface area contributed by atoms with Gasteiger partial charge < -0.3 is 14.4 Å². The highest BCUT2D eigenvalue weighted by Crippen LogP contribution is 2.43. The minimum Gasteiger partial charge on any atom is -0.454 e. The highest BCUT2D eigenvalue weighted by atomic mass is 35.5. The fourth-order valence-electron chi connectivity index (χ4n) is 4.77. The maximum atomic E-state index is 5.77. The Bertz CT molecular complexity index is 803. The maximum absolute atomic E-state index is 5.77. The van der Waals surface area contributed by atoms with Gasteiger partial charge in [0.2, 0.25) is 6.79 Å². The molecular formula is C22H28Cl2N2O2. The molecule has 0 radical (unpaired) electrons. The van der Waals surface area contributed by atoms with Gasteiger partial charge in [-0.15, -0.1) is 24.8 Å². The molecule has 2 aromatic rings. The van der Waals surface area contributed by atoms with Crippen molar-refractivity contribution >= 4 is 24.8 Å². The van der Waals surface area contributed by atoms with Gasteiger partial charge in [0.05, 0.1) is 0 Å². The Labute approximate surface area is 179 Å². The molecule has 1 fully saturated rings. The molecule has 0 spiro atoms. The van der Waals surface area contributed by atoms with E-state index in [4.69, 9.17) is 9.47 Å². The first-order valence-corrected chi connectivity index (χ1v) is 9.68. The topological polar surface area (TPSA) is 24.9 Å². The number of rotatable bonds is 3. The smallest absolute Gasteiger partial charge is 0.231 e. The number of hydrogen-bond donors (Lipinski definition) is 0. The van der Waals surface area contributed by atoms with Crippen LogP contribution in [0.15, 0.2) is 42.5 Å². The maximum Gasteiger partial charge on any atom is 0.231 e. The lowest BCUT2D eigenvalue weighted by Crippen LogP contribution is -2.39. The van der Waals surface area contributed by atoms with Gasteiger partial charge in [-0.05, 0) is 49.5 Å². The van der Waals surface area contributed by atoms with Crippen molar-refractivity contribution in [1.29, 1.82) is 0 Å². The van der Waals surface area contributed by atoms with Gasteiger partial charge in [-0.3, -0.25) is 4.90 Å². The Morgan fingerprint density at radius 2 is 1.82 bits per heavy atom. The average Bonchev–Trinajstić information content (AvgIpc) is 3.34. The summed E-state index contributed by atoms with van der Waals surface area (Å²) >= 11 is 0. The second-order valence-corrected chi connectivity index (χ2v) is 7.77. The van der Waals surface area contributed by atoms with Crippen LogP contribution in [0.1, 0.15) is 35.1 Å². The Balaban J connectivity index is 0.00000112. The minimum absolute atomic E-state index is 0. The first-order valence-electron chi connectivity index (χ1n) is 9.68. The number of nitrogens with zero attached hydrogens (tertiary/aromatic N) is 2. The molecular weight excluding hydrogens is 395 g/mol. The molecule has 1 saturated heterocycles. The van der Waals surface area contributed by atoms with Crippen LogP contribution in [0.3, 0.4) is 0 Å². The number of likely N-dealkylation sites (N-methyl/N-ethyl adjacent to an activating group) is 1. The average molecular weight is 423 g/mol. The highest BCUT2D eigenvalue weighted by Gasteiger charge is 2.33. The summed E-state index contributed by atoms with van der Waals surface area (Å²) in [5, 5.41) is 0. The van der Waals surface area contributed by atoms with E-state index in [0.29, 0.717) is 18.8 Å². The van der Waals surface area contributed by atoms with Crippen molar-refractivity contribution in [2.45, 2.75) is 24.8 Å². The Kier molecular flexibility index (Phi) is 6.77. The standard InChI is InChI=1S/C22H26N2O2.2ClH/c1-23-11-10-19-18(7-8-21-22(19)26-15-25-21)20(23)14-24-12-9-17(13-24)16-5-3-2-4-6-16;;/h2-8,17,20H,9-15H2,1H3;2*1H/t17-,20-;;/m0../s1. The van der Waals surface area contributed by atoms with Crippen molar-refractivity contribution in [3.8, 4) is 11.5 Å². The summed E-state index contributed by atoms with van der Waals surface area (Å²) in [5.74, 6) is 2.57. The summed E-state index contributed by atoms with van der Waals surface area (Å²) in [6, 6.07) is 15.8. The van der Waals surface area contributed by atoms with Gasteiger partial charge in [-0.25, -0.2) is 0 Å². The summed E-state index contributed by atoms with van der Waals surface area (Å²) in [6.45, 7) is 4.87. The lowest BCUT2D eigenvalue weighted by atomic mass is 9.91. The molecule has 0 saturated carbocycles. The molecule has 3 heterocycles. The second kappa shape index (κ2) is 8.91. The molecule has 4 nitrogen and oxygen atoms in total. The normalized spacial score (nSPS) is 23.6. The molecule has 28 heavy (non-hydrogen) atoms. The van der Waals surface area contributed by atoms with Crippen molar-refractivity contribution in [3.63, 3.8) is 0 Å². The van der Waals surface area contributed by atoms with Crippen molar-refractivity contribution < 1.29 is 9.47 Å². The number of likely N-dealkylation sites (tertiary alicyclic amines) is 1. The van der Waals surface area contributed by atoms with Gasteiger partial charge in [0, 0.05) is 31.2 Å². The lowest BCUT2D eigenvalue weighted by Gasteiger charge is -2.37. The molecule has 0 aromatic heterocycles. The number of hydrogen-bond acceptors (Lipinski definition) is 4. The number of ether oxygens (including phenoxy) is 2. The molecule has 152 valence electrons. The van der Waals surface area contributed by atoms with E-state index >= 15 is 0 Å². The summed E-state index contributed by atoms with van der Waals surface area (Å²) in [7, 11) is 2.25. The minimum atomic E-state index is 0. The quantitative estimate of drug-likeness (QED) is 0.736. The lowest BCUT2D eigenvalue weighted by molar-refractivity contribution is 0.163. The molecule has 0 amide bonds. The molecule has 0 unspecified atom stereocenters. The molecule has 6 heteroatoms. The largest absolute Gasteiger partial charge is 0.454 e. The third-order valence-corrected chi connectivity index (χ3v) is 6.26. The number of halogens is 2. The van der Waals surface area contributed by atoms with Crippen LogP contribution in [-0.2, 0) is 6.42 Å². The summed E-state index contributed by atoms with van der Waals surface area (Å²) in [4.78, 5) is 5.14. The predicted molar refractivity (Wildman–Crippen MR) is 116 cm³/mol. The van der Waals surface area contributed by atoms with Crippen LogP contribution in [-0.4, -0.2) is 49.8 Å². The first kappa shape index (κ1) is 21.3. The third-order valence-electron chi connectivity index (χ3n) is 6.26. The molecule has 5 rings (SSSR count). The Hall–Kier alpha value is -1.46. The monoisotopic (exact) mass is 422 g/mol. The summed E-state index contributed by atoms with van der Waals surface area (Å²) in [6.07, 6.45) is 2.30. The van der Waals surface area contributed by atoms with E-state index in [-0.39, 0.29) is 24.8 Å². The fraction of sp³-hybridized carbons (Fsp3) is 0.455. The van der Waals surface area contributed by atoms with E-state index in [1.165, 1.54) is 29.7 Å². The van der Waals surface area contributed by atoms with E-state index in [1.807, 2.05) is 0 Å². The highest BCUT2D eigenvalue weighted by molar-refractivity contribution is 5.85. The zero-order valence-corrected chi connectivity index (χ0v) is 17.8. The Morgan fingerprint density at radius 3 is 2.64 bits per heavy atom. The molecule has 2 atom stereocenters. The van der Waals surface area contributed by atoms with E-state index in [0.717, 1.165) is 37.6 Å². The third kappa shape index (κ3) is 3.84. The van der Waals surface area contributed by atoms with Crippen molar-refractivity contribution in [2.24, 2.45) is 0 Å². The molecule has 2 aromatic carbocycles. The molecule has 0 aliphatic carbocycles. The van der Waals surface area contributed by atoms with Gasteiger partial charge in [0.25, 0.3) is 0 Å². The predicted octanol–water partition coefficient (Wildman–Crippen LogP) is 4.28. The molecule has 0 bridgehead atoms. The van der Waals surface area contributed by atoms with E-state index in [1.54, 1.807) is 0 Å². The van der Waals surface area contributed by atoms with E-state index in [9.17, 15) is 0 Å². The molecule has 3 aliphatic heterocycles. The van der Waals surface area contributed by atoms with E-state index < -0.39 is 0 Å². The first-order chi connectivity index (χ1) is 12.8. The zero-order chi connectivity index (χ0) is 17.5.